The smallest absolute Gasteiger partial charge is 0.343 e. The van der Waals surface area contributed by atoms with E-state index in [0.29, 0.717) is 143 Å². The summed E-state index contributed by atoms with van der Waals surface area (Å²) in [4.78, 5) is 83.1. The van der Waals surface area contributed by atoms with Crippen molar-refractivity contribution < 1.29 is 95.1 Å². The molecule has 3 fully saturated rings. The van der Waals surface area contributed by atoms with E-state index in [1.54, 1.807) is 51.1 Å². The molecule has 129 heavy (non-hydrogen) atoms. The van der Waals surface area contributed by atoms with Gasteiger partial charge in [0.05, 0.1) is 70.6 Å². The van der Waals surface area contributed by atoms with Crippen LogP contribution in [0.2, 0.25) is 0 Å². The van der Waals surface area contributed by atoms with Crippen molar-refractivity contribution in [1.29, 1.82) is 0 Å². The van der Waals surface area contributed by atoms with Gasteiger partial charge in [0.1, 0.15) is 40.1 Å². The first kappa shape index (κ1) is 109. The van der Waals surface area contributed by atoms with E-state index < -0.39 is 5.97 Å². The normalized spacial score (nSPS) is 15.9. The molecule has 1 atom stereocenters. The highest BCUT2D eigenvalue weighted by atomic mass is 16.7. The van der Waals surface area contributed by atoms with Crippen LogP contribution >= 0.6 is 0 Å². The fourth-order valence-electron chi connectivity index (χ4n) is 16.4. The molecule has 0 aromatic heterocycles. The second kappa shape index (κ2) is 71.2. The monoisotopic (exact) mass is 1790 g/mol. The third kappa shape index (κ3) is 50.6. The van der Waals surface area contributed by atoms with E-state index in [2.05, 4.69) is 38.1 Å². The summed E-state index contributed by atoms with van der Waals surface area (Å²) >= 11 is 0. The maximum absolute atomic E-state index is 13.2. The van der Waals surface area contributed by atoms with E-state index >= 15 is 0 Å². The van der Waals surface area contributed by atoms with Crippen LogP contribution in [0.3, 0.4) is 0 Å². The fourth-order valence-corrected chi connectivity index (χ4v) is 16.4. The maximum Gasteiger partial charge on any atom is 0.343 e. The van der Waals surface area contributed by atoms with Crippen molar-refractivity contribution in [2.24, 2.45) is 11.8 Å². The van der Waals surface area contributed by atoms with Gasteiger partial charge < -0.3 is 61.6 Å². The van der Waals surface area contributed by atoms with Crippen LogP contribution < -0.4 is 28.4 Å². The van der Waals surface area contributed by atoms with E-state index in [4.69, 9.17) is 61.6 Å². The molecule has 20 heteroatoms. The first-order chi connectivity index (χ1) is 63.2. The minimum Gasteiger partial charge on any atom is -0.494 e. The van der Waals surface area contributed by atoms with Crippen LogP contribution in [0.5, 0.6) is 34.5 Å². The third-order valence-corrected chi connectivity index (χ3v) is 24.5. The van der Waals surface area contributed by atoms with Gasteiger partial charge in [-0.1, -0.05) is 220 Å². The van der Waals surface area contributed by atoms with E-state index in [-0.39, 0.29) is 42.1 Å². The number of ether oxygens (including phenoxy) is 13. The largest absolute Gasteiger partial charge is 0.494 e. The average molecular weight is 1790 g/mol. The molecule has 720 valence electrons. The fraction of sp³-hybridized carbons (Fsp3) is 0.661. The van der Waals surface area contributed by atoms with Gasteiger partial charge in [-0.15, -0.1) is 0 Å². The van der Waals surface area contributed by atoms with Crippen molar-refractivity contribution in [1.82, 2.24) is 0 Å². The molecule has 0 spiro atoms. The predicted molar refractivity (Wildman–Crippen MR) is 511 cm³/mol. The molecule has 1 heterocycles. The molecule has 2 aliphatic carbocycles. The molecule has 0 bridgehead atoms. The molecule has 2 saturated carbocycles. The summed E-state index contributed by atoms with van der Waals surface area (Å²) < 4.78 is 72.5. The van der Waals surface area contributed by atoms with Gasteiger partial charge in [-0.05, 0) is 267 Å². The average Bonchev–Trinajstić information content (AvgIpc) is 0.845. The highest BCUT2D eigenvalue weighted by Crippen LogP contribution is 2.40. The molecule has 20 nitrogen and oxygen atoms in total. The Morgan fingerprint density at radius 2 is 0.605 bits per heavy atom. The summed E-state index contributed by atoms with van der Waals surface area (Å²) in [5.74, 6) is 5.29. The summed E-state index contributed by atoms with van der Waals surface area (Å²) in [7, 11) is 0. The molecule has 0 N–H and O–H groups in total. The lowest BCUT2D eigenvalue weighted by Gasteiger charge is -2.29. The Hall–Kier alpha value is -8.49. The van der Waals surface area contributed by atoms with Crippen LogP contribution in [0.25, 0.3) is 0 Å². The third-order valence-electron chi connectivity index (χ3n) is 24.5. The SMILES string of the molecule is CCC(=O)OCCCCCCCCOc1ccc(OCCCCCCCCOC(=O)CC)c(C(=O)OCCCCCCOC2CCCCO2)c1.CCCCCC1CCC(c2ccc(OC(=O)c3ccc(OCCCCCCCCOC(=O)CC)cc3)cc2)CC1.CCCCCC1CCC(c2ccc(OC(=O)c3ccc(OCCCCCCCOC(=O)CC)cc3)cc2)CC1. The van der Waals surface area contributed by atoms with Crippen LogP contribution in [0, 0.1) is 11.8 Å². The molecule has 5 aromatic rings. The van der Waals surface area contributed by atoms with Gasteiger partial charge in [0.25, 0.3) is 0 Å². The van der Waals surface area contributed by atoms with Crippen molar-refractivity contribution in [2.75, 3.05) is 72.7 Å². The summed E-state index contributed by atoms with van der Waals surface area (Å²) in [6.45, 7) is 18.1. The summed E-state index contributed by atoms with van der Waals surface area (Å²) in [6.07, 6.45) is 53.7. The predicted octanol–water partition coefficient (Wildman–Crippen LogP) is 27.8. The number of rotatable bonds is 66. The molecule has 1 aliphatic heterocycles. The summed E-state index contributed by atoms with van der Waals surface area (Å²) in [5, 5.41) is 0. The molecule has 8 rings (SSSR count). The van der Waals surface area contributed by atoms with E-state index in [1.807, 2.05) is 67.6 Å². The topological polar surface area (TPSA) is 239 Å². The highest BCUT2D eigenvalue weighted by molar-refractivity contribution is 5.93. The lowest BCUT2D eigenvalue weighted by Crippen LogP contribution is -2.22. The zero-order chi connectivity index (χ0) is 92.0. The van der Waals surface area contributed by atoms with Crippen LogP contribution in [0.1, 0.15) is 417 Å². The highest BCUT2D eigenvalue weighted by Gasteiger charge is 2.26. The number of carbonyl (C=O) groups is 7. The number of benzene rings is 5. The van der Waals surface area contributed by atoms with Crippen molar-refractivity contribution in [3.8, 4) is 34.5 Å². The second-order valence-electron chi connectivity index (χ2n) is 35.1. The van der Waals surface area contributed by atoms with Gasteiger partial charge in [-0.3, -0.25) is 19.2 Å². The quantitative estimate of drug-likeness (QED) is 0.0152. The van der Waals surface area contributed by atoms with Crippen LogP contribution in [0.15, 0.2) is 115 Å². The summed E-state index contributed by atoms with van der Waals surface area (Å²) in [5.41, 5.74) is 4.15. The van der Waals surface area contributed by atoms with Gasteiger partial charge in [0.2, 0.25) is 0 Å². The van der Waals surface area contributed by atoms with Crippen LogP contribution in [-0.4, -0.2) is 121 Å². The molecule has 1 saturated heterocycles. The van der Waals surface area contributed by atoms with Crippen LogP contribution in [-0.2, 0) is 52.3 Å². The van der Waals surface area contributed by atoms with E-state index in [1.165, 1.54) is 120 Å². The molecule has 0 amide bonds. The Morgan fingerprint density at radius 3 is 0.953 bits per heavy atom. The lowest BCUT2D eigenvalue weighted by molar-refractivity contribution is -0.162. The molecule has 0 radical (unpaired) electrons. The molecule has 1 unspecified atom stereocenters. The van der Waals surface area contributed by atoms with Gasteiger partial charge in [-0.25, -0.2) is 14.4 Å². The minimum atomic E-state index is -0.392. The number of hydrogen-bond donors (Lipinski definition) is 0. The van der Waals surface area contributed by atoms with E-state index in [0.717, 1.165) is 216 Å². The van der Waals surface area contributed by atoms with Crippen molar-refractivity contribution in [2.45, 2.75) is 381 Å². The zero-order valence-corrected chi connectivity index (χ0v) is 80.2. The standard InChI is InChI=1S/C40H66O10.C35H50O5.C34H48O5/c1-3-37(41)46-28-18-11-7-5-9-16-26-44-34-24-25-36(45-27-17-10-6-8-12-19-29-47-38(42)4-2)35(33-34)40(43)50-32-21-14-13-20-30-48-39-23-15-22-31-49-39;1-3-5-10-13-28-14-16-29(17-15-28)30-18-24-33(25-19-30)40-35(37)31-20-22-32(23-21-31)38-26-11-8-6-7-9-12-27-39-34(36)4-2;1-3-5-9-12-27-13-15-28(16-14-27)29-17-23-32(24-18-29)39-34(36)30-19-21-31(22-20-30)37-25-10-7-6-8-11-26-38-33(35)4-2/h24-25,33,39H,3-23,26-32H2,1-2H3;18-25,28-29H,3-17,26-27H2,1-2H3;17-24,27-28H,3-16,25-26H2,1-2H3. The summed E-state index contributed by atoms with van der Waals surface area (Å²) in [6, 6.07) is 36.0. The Labute approximate surface area is 775 Å². The maximum atomic E-state index is 13.2. The number of esters is 7. The minimum absolute atomic E-state index is 0.0451. The lowest BCUT2D eigenvalue weighted by atomic mass is 9.77. The number of unbranched alkanes of at least 4 members (excludes halogenated alkanes) is 26. The van der Waals surface area contributed by atoms with Gasteiger partial charge in [0.15, 0.2) is 6.29 Å². The van der Waals surface area contributed by atoms with Crippen molar-refractivity contribution in [3.05, 3.63) is 143 Å². The number of carbonyl (C=O) groups excluding carboxylic acids is 7. The van der Waals surface area contributed by atoms with Crippen molar-refractivity contribution in [3.63, 3.8) is 0 Å². The van der Waals surface area contributed by atoms with Crippen LogP contribution in [0.4, 0.5) is 0 Å². The zero-order valence-electron chi connectivity index (χ0n) is 80.2. The van der Waals surface area contributed by atoms with Gasteiger partial charge in [-0.2, -0.15) is 0 Å². The van der Waals surface area contributed by atoms with E-state index in [9.17, 15) is 33.6 Å². The molecule has 3 aliphatic rings. The molecular weight excluding hydrogens is 1630 g/mol. The Bertz CT molecular complexity index is 3730. The second-order valence-corrected chi connectivity index (χ2v) is 35.1. The van der Waals surface area contributed by atoms with Crippen molar-refractivity contribution >= 4 is 41.8 Å². The number of hydrogen-bond acceptors (Lipinski definition) is 20. The first-order valence-electron chi connectivity index (χ1n) is 50.7. The van der Waals surface area contributed by atoms with Gasteiger partial charge in [0, 0.05) is 38.9 Å². The first-order valence-corrected chi connectivity index (χ1v) is 50.7. The molecular formula is C109H164O20. The Morgan fingerprint density at radius 1 is 0.287 bits per heavy atom. The Kier molecular flexibility index (Phi) is 60.3. The molecule has 5 aromatic carbocycles. The Balaban J connectivity index is 0.000000301. The van der Waals surface area contributed by atoms with Gasteiger partial charge >= 0.3 is 41.8 Å².